The summed E-state index contributed by atoms with van der Waals surface area (Å²) in [4.78, 5) is 31.9. The number of carbonyl (C=O) groups excluding carboxylic acids is 2. The van der Waals surface area contributed by atoms with Gasteiger partial charge in [-0.15, -0.1) is 0 Å². The molecule has 0 aliphatic carbocycles. The molecule has 1 aromatic heterocycles. The number of benzene rings is 2. The van der Waals surface area contributed by atoms with Crippen LogP contribution in [-0.4, -0.2) is 28.5 Å². The molecule has 0 saturated carbocycles. The summed E-state index contributed by atoms with van der Waals surface area (Å²) in [5.74, 6) is 0.378. The number of anilines is 5. The third kappa shape index (κ3) is 5.52. The maximum atomic E-state index is 12.1. The van der Waals surface area contributed by atoms with Crippen molar-refractivity contribution in [1.29, 1.82) is 0 Å². The van der Waals surface area contributed by atoms with Crippen molar-refractivity contribution >= 4 is 40.7 Å². The van der Waals surface area contributed by atoms with E-state index in [2.05, 4.69) is 25.9 Å². The molecule has 1 heterocycles. The minimum absolute atomic E-state index is 0.129. The van der Waals surface area contributed by atoms with Crippen molar-refractivity contribution in [2.75, 3.05) is 22.6 Å². The second-order valence-corrected chi connectivity index (χ2v) is 6.04. The van der Waals surface area contributed by atoms with Crippen molar-refractivity contribution < 1.29 is 14.3 Å². The van der Waals surface area contributed by atoms with Crippen molar-refractivity contribution in [1.82, 2.24) is 9.97 Å². The monoisotopic (exact) mass is 391 g/mol. The van der Waals surface area contributed by atoms with Gasteiger partial charge in [0, 0.05) is 24.5 Å². The highest BCUT2D eigenvalue weighted by atomic mass is 16.5. The van der Waals surface area contributed by atoms with E-state index in [1.165, 1.54) is 6.92 Å². The van der Waals surface area contributed by atoms with Crippen LogP contribution in [0, 0.1) is 0 Å². The first-order valence-electron chi connectivity index (χ1n) is 9.06. The Labute approximate surface area is 168 Å². The first kappa shape index (κ1) is 19.8. The van der Waals surface area contributed by atoms with E-state index in [0.29, 0.717) is 35.3 Å². The molecule has 3 N–H and O–H groups in total. The first-order valence-corrected chi connectivity index (χ1v) is 9.06. The number of hydrogen-bond donors (Lipinski definition) is 3. The number of para-hydroxylation sites is 1. The Morgan fingerprint density at radius 2 is 1.69 bits per heavy atom. The van der Waals surface area contributed by atoms with Gasteiger partial charge in [0.25, 0.3) is 0 Å². The highest BCUT2D eigenvalue weighted by Gasteiger charge is 2.12. The highest BCUT2D eigenvalue weighted by Crippen LogP contribution is 2.22. The van der Waals surface area contributed by atoms with Crippen LogP contribution in [0.2, 0.25) is 0 Å². The van der Waals surface area contributed by atoms with Crippen LogP contribution >= 0.6 is 0 Å². The molecule has 0 spiro atoms. The average Bonchev–Trinajstić information content (AvgIpc) is 2.70. The molecule has 0 aliphatic rings. The molecule has 148 valence electrons. The third-order valence-electron chi connectivity index (χ3n) is 3.80. The van der Waals surface area contributed by atoms with E-state index in [0.717, 1.165) is 5.69 Å². The normalized spacial score (nSPS) is 10.1. The second-order valence-electron chi connectivity index (χ2n) is 6.04. The minimum Gasteiger partial charge on any atom is -0.462 e. The van der Waals surface area contributed by atoms with E-state index < -0.39 is 5.97 Å². The molecule has 0 fully saturated rings. The summed E-state index contributed by atoms with van der Waals surface area (Å²) >= 11 is 0. The number of esters is 1. The van der Waals surface area contributed by atoms with Crippen LogP contribution in [0.1, 0.15) is 24.2 Å². The van der Waals surface area contributed by atoms with Gasteiger partial charge in [-0.1, -0.05) is 12.1 Å². The van der Waals surface area contributed by atoms with Crippen molar-refractivity contribution in [3.05, 3.63) is 66.4 Å². The Hall–Kier alpha value is -3.94. The summed E-state index contributed by atoms with van der Waals surface area (Å²) in [7, 11) is 0. The van der Waals surface area contributed by atoms with Crippen molar-refractivity contribution in [2.45, 2.75) is 13.8 Å². The number of ether oxygens (including phenoxy) is 1. The number of amides is 1. The molecule has 0 bridgehead atoms. The summed E-state index contributed by atoms with van der Waals surface area (Å²) in [5, 5.41) is 8.94. The SMILES string of the molecule is CCOC(=O)c1ccccc1Nc1ccnc(Nc2ccc(NC(C)=O)cc2)n1. The van der Waals surface area contributed by atoms with E-state index in [-0.39, 0.29) is 5.91 Å². The van der Waals surface area contributed by atoms with Crippen LogP contribution in [0.25, 0.3) is 0 Å². The fourth-order valence-electron chi connectivity index (χ4n) is 2.57. The van der Waals surface area contributed by atoms with Gasteiger partial charge in [0.2, 0.25) is 11.9 Å². The lowest BCUT2D eigenvalue weighted by Crippen LogP contribution is -2.08. The van der Waals surface area contributed by atoms with E-state index in [4.69, 9.17) is 4.74 Å². The fourth-order valence-corrected chi connectivity index (χ4v) is 2.57. The van der Waals surface area contributed by atoms with E-state index >= 15 is 0 Å². The van der Waals surface area contributed by atoms with Gasteiger partial charge < -0.3 is 20.7 Å². The van der Waals surface area contributed by atoms with Gasteiger partial charge in [0.1, 0.15) is 5.82 Å². The second kappa shape index (κ2) is 9.32. The van der Waals surface area contributed by atoms with Gasteiger partial charge in [-0.3, -0.25) is 4.79 Å². The zero-order valence-corrected chi connectivity index (χ0v) is 16.1. The zero-order chi connectivity index (χ0) is 20.6. The number of aromatic nitrogens is 2. The van der Waals surface area contributed by atoms with Gasteiger partial charge in [0.15, 0.2) is 0 Å². The molecule has 0 aliphatic heterocycles. The number of carbonyl (C=O) groups is 2. The van der Waals surface area contributed by atoms with Gasteiger partial charge >= 0.3 is 5.97 Å². The molecule has 29 heavy (non-hydrogen) atoms. The predicted octanol–water partition coefficient (Wildman–Crippen LogP) is 4.10. The molecule has 3 aromatic rings. The van der Waals surface area contributed by atoms with Crippen LogP contribution in [-0.2, 0) is 9.53 Å². The van der Waals surface area contributed by atoms with Crippen LogP contribution < -0.4 is 16.0 Å². The smallest absolute Gasteiger partial charge is 0.340 e. The zero-order valence-electron chi connectivity index (χ0n) is 16.1. The maximum Gasteiger partial charge on any atom is 0.340 e. The Morgan fingerprint density at radius 1 is 0.966 bits per heavy atom. The molecular formula is C21H21N5O3. The minimum atomic E-state index is -0.401. The molecule has 8 nitrogen and oxygen atoms in total. The van der Waals surface area contributed by atoms with E-state index in [1.54, 1.807) is 49.5 Å². The summed E-state index contributed by atoms with van der Waals surface area (Å²) in [6.45, 7) is 3.52. The lowest BCUT2D eigenvalue weighted by molar-refractivity contribution is -0.114. The molecular weight excluding hydrogens is 370 g/mol. The quantitative estimate of drug-likeness (QED) is 0.521. The van der Waals surface area contributed by atoms with Crippen molar-refractivity contribution in [3.63, 3.8) is 0 Å². The van der Waals surface area contributed by atoms with Gasteiger partial charge in [-0.05, 0) is 49.4 Å². The molecule has 3 rings (SSSR count). The molecule has 0 saturated heterocycles. The van der Waals surface area contributed by atoms with Gasteiger partial charge in [0.05, 0.1) is 17.9 Å². The summed E-state index contributed by atoms with van der Waals surface area (Å²) < 4.78 is 5.09. The average molecular weight is 391 g/mol. The molecule has 0 radical (unpaired) electrons. The van der Waals surface area contributed by atoms with Crippen LogP contribution in [0.15, 0.2) is 60.8 Å². The lowest BCUT2D eigenvalue weighted by Gasteiger charge is -2.12. The van der Waals surface area contributed by atoms with Crippen molar-refractivity contribution in [3.8, 4) is 0 Å². The largest absolute Gasteiger partial charge is 0.462 e. The Balaban J connectivity index is 1.74. The standard InChI is InChI=1S/C21H21N5O3/c1-3-29-20(28)17-6-4-5-7-18(17)25-19-12-13-22-21(26-19)24-16-10-8-15(9-11-16)23-14(2)27/h4-13H,3H2,1-2H3,(H,23,27)(H2,22,24,25,26). The Bertz CT molecular complexity index is 1010. The predicted molar refractivity (Wildman–Crippen MR) is 112 cm³/mol. The van der Waals surface area contributed by atoms with Crippen molar-refractivity contribution in [2.24, 2.45) is 0 Å². The Morgan fingerprint density at radius 3 is 2.41 bits per heavy atom. The third-order valence-corrected chi connectivity index (χ3v) is 3.80. The summed E-state index contributed by atoms with van der Waals surface area (Å²) in [5.41, 5.74) is 2.49. The number of nitrogens with zero attached hydrogens (tertiary/aromatic N) is 2. The topological polar surface area (TPSA) is 105 Å². The highest BCUT2D eigenvalue weighted by molar-refractivity contribution is 5.96. The molecule has 8 heteroatoms. The first-order chi connectivity index (χ1) is 14.0. The summed E-state index contributed by atoms with van der Waals surface area (Å²) in [6, 6.07) is 15.9. The van der Waals surface area contributed by atoms with Gasteiger partial charge in [-0.2, -0.15) is 4.98 Å². The molecule has 2 aromatic carbocycles. The fraction of sp³-hybridized carbons (Fsp3) is 0.143. The Kier molecular flexibility index (Phi) is 6.36. The lowest BCUT2D eigenvalue weighted by atomic mass is 10.2. The molecule has 0 unspecified atom stereocenters. The van der Waals surface area contributed by atoms with Crippen LogP contribution in [0.5, 0.6) is 0 Å². The number of nitrogens with one attached hydrogen (secondary N) is 3. The maximum absolute atomic E-state index is 12.1. The van der Waals surface area contributed by atoms with E-state index in [1.807, 2.05) is 18.2 Å². The van der Waals surface area contributed by atoms with Gasteiger partial charge in [-0.25, -0.2) is 9.78 Å². The van der Waals surface area contributed by atoms with Crippen LogP contribution in [0.4, 0.5) is 28.8 Å². The number of rotatable bonds is 7. The summed E-state index contributed by atoms with van der Waals surface area (Å²) in [6.07, 6.45) is 1.61. The molecule has 1 amide bonds. The number of hydrogen-bond acceptors (Lipinski definition) is 7. The van der Waals surface area contributed by atoms with E-state index in [9.17, 15) is 9.59 Å². The van der Waals surface area contributed by atoms with Crippen LogP contribution in [0.3, 0.4) is 0 Å². The molecule has 0 atom stereocenters.